The fraction of sp³-hybridized carbons (Fsp3) is 0.273. The predicted molar refractivity (Wildman–Crippen MR) is 63.6 cm³/mol. The minimum atomic E-state index is -0.324. The molecule has 0 saturated heterocycles. The van der Waals surface area contributed by atoms with Gasteiger partial charge >= 0.3 is 0 Å². The van der Waals surface area contributed by atoms with Gasteiger partial charge in [0, 0.05) is 6.54 Å². The van der Waals surface area contributed by atoms with Crippen LogP contribution < -0.4 is 5.32 Å². The van der Waals surface area contributed by atoms with Crippen LogP contribution in [0, 0.1) is 17.2 Å². The Morgan fingerprint density at radius 2 is 2.25 bits per heavy atom. The highest BCUT2D eigenvalue weighted by Crippen LogP contribution is 2.25. The second kappa shape index (κ2) is 5.74. The zero-order valence-corrected chi connectivity index (χ0v) is 10.1. The topological polar surface area (TPSA) is 52.9 Å². The van der Waals surface area contributed by atoms with Crippen molar-refractivity contribution in [2.75, 3.05) is 6.54 Å². The van der Waals surface area contributed by atoms with Crippen LogP contribution in [0.1, 0.15) is 17.3 Å². The average molecular weight is 257 g/mol. The first-order chi connectivity index (χ1) is 7.56. The van der Waals surface area contributed by atoms with Gasteiger partial charge < -0.3 is 5.32 Å². The van der Waals surface area contributed by atoms with Gasteiger partial charge in [0.1, 0.15) is 0 Å². The molecule has 1 rings (SSSR count). The molecule has 0 radical (unpaired) electrons. The molecule has 16 heavy (non-hydrogen) atoms. The molecule has 3 nitrogen and oxygen atoms in total. The van der Waals surface area contributed by atoms with E-state index in [1.54, 1.807) is 25.1 Å². The first-order valence-electron chi connectivity index (χ1n) is 4.68. The summed E-state index contributed by atoms with van der Waals surface area (Å²) in [6.07, 6.45) is 0. The molecule has 0 saturated carbocycles. The van der Waals surface area contributed by atoms with E-state index in [0.29, 0.717) is 10.6 Å². The van der Waals surface area contributed by atoms with E-state index in [1.807, 2.05) is 6.07 Å². The SMILES string of the molecule is CC(C#N)CNC(=O)c1cccc(Cl)c1Cl. The zero-order chi connectivity index (χ0) is 12.1. The third-order valence-electron chi connectivity index (χ3n) is 1.99. The smallest absolute Gasteiger partial charge is 0.252 e. The van der Waals surface area contributed by atoms with Crippen LogP contribution in [0.15, 0.2) is 18.2 Å². The molecule has 1 aromatic rings. The highest BCUT2D eigenvalue weighted by molar-refractivity contribution is 6.43. The van der Waals surface area contributed by atoms with E-state index in [-0.39, 0.29) is 23.4 Å². The quantitative estimate of drug-likeness (QED) is 0.905. The van der Waals surface area contributed by atoms with Gasteiger partial charge in [-0.05, 0) is 19.1 Å². The van der Waals surface area contributed by atoms with Crippen molar-refractivity contribution >= 4 is 29.1 Å². The molecule has 0 bridgehead atoms. The molecule has 0 aliphatic rings. The van der Waals surface area contributed by atoms with Crippen molar-refractivity contribution in [3.05, 3.63) is 33.8 Å². The molecule has 0 aliphatic carbocycles. The number of nitrogens with zero attached hydrogens (tertiary/aromatic N) is 1. The van der Waals surface area contributed by atoms with Crippen molar-refractivity contribution in [1.82, 2.24) is 5.32 Å². The van der Waals surface area contributed by atoms with Crippen molar-refractivity contribution < 1.29 is 4.79 Å². The molecule has 0 aliphatic heterocycles. The fourth-order valence-corrected chi connectivity index (χ4v) is 1.45. The molecule has 84 valence electrons. The number of amides is 1. The zero-order valence-electron chi connectivity index (χ0n) is 8.63. The van der Waals surface area contributed by atoms with Crippen LogP contribution in [0.4, 0.5) is 0 Å². The number of benzene rings is 1. The van der Waals surface area contributed by atoms with E-state index in [1.165, 1.54) is 0 Å². The fourth-order valence-electron chi connectivity index (χ4n) is 1.07. The summed E-state index contributed by atoms with van der Waals surface area (Å²) >= 11 is 11.7. The molecule has 1 N–H and O–H groups in total. The second-order valence-corrected chi connectivity index (χ2v) is 4.13. The molecule has 5 heteroatoms. The van der Waals surface area contributed by atoms with Crippen LogP contribution in [0.5, 0.6) is 0 Å². The molecule has 0 fully saturated rings. The van der Waals surface area contributed by atoms with Gasteiger partial charge in [0.25, 0.3) is 5.91 Å². The highest BCUT2D eigenvalue weighted by atomic mass is 35.5. The van der Waals surface area contributed by atoms with Gasteiger partial charge in [-0.15, -0.1) is 0 Å². The lowest BCUT2D eigenvalue weighted by Gasteiger charge is -2.08. The number of hydrogen-bond donors (Lipinski definition) is 1. The highest BCUT2D eigenvalue weighted by Gasteiger charge is 2.12. The number of carbonyl (C=O) groups is 1. The van der Waals surface area contributed by atoms with Crippen LogP contribution in [-0.4, -0.2) is 12.5 Å². The number of halogens is 2. The molecule has 1 atom stereocenters. The van der Waals surface area contributed by atoms with Crippen molar-refractivity contribution in [3.8, 4) is 6.07 Å². The van der Waals surface area contributed by atoms with Gasteiger partial charge in [-0.1, -0.05) is 29.3 Å². The molecule has 1 amide bonds. The van der Waals surface area contributed by atoms with Gasteiger partial charge in [-0.25, -0.2) is 0 Å². The van der Waals surface area contributed by atoms with E-state index < -0.39 is 0 Å². The Morgan fingerprint density at radius 3 is 2.88 bits per heavy atom. The van der Waals surface area contributed by atoms with Gasteiger partial charge in [-0.3, -0.25) is 4.79 Å². The number of hydrogen-bond acceptors (Lipinski definition) is 2. The van der Waals surface area contributed by atoms with Crippen LogP contribution in [0.3, 0.4) is 0 Å². The molecule has 0 aromatic heterocycles. The molecule has 0 spiro atoms. The summed E-state index contributed by atoms with van der Waals surface area (Å²) in [6, 6.07) is 6.87. The first kappa shape index (κ1) is 12.8. The van der Waals surface area contributed by atoms with Crippen LogP contribution >= 0.6 is 23.2 Å². The summed E-state index contributed by atoms with van der Waals surface area (Å²) in [5.41, 5.74) is 0.319. The molecular weight excluding hydrogens is 247 g/mol. The van der Waals surface area contributed by atoms with Gasteiger partial charge in [0.2, 0.25) is 0 Å². The summed E-state index contributed by atoms with van der Waals surface area (Å²) in [5, 5.41) is 11.7. The average Bonchev–Trinajstić information content (AvgIpc) is 2.29. The van der Waals surface area contributed by atoms with Crippen molar-refractivity contribution in [1.29, 1.82) is 5.26 Å². The summed E-state index contributed by atoms with van der Waals surface area (Å²) in [4.78, 5) is 11.7. The van der Waals surface area contributed by atoms with Crippen molar-refractivity contribution in [3.63, 3.8) is 0 Å². The summed E-state index contributed by atoms with van der Waals surface area (Å²) in [7, 11) is 0. The van der Waals surface area contributed by atoms with Crippen LogP contribution in [0.2, 0.25) is 10.0 Å². The molecule has 1 unspecified atom stereocenters. The van der Waals surface area contributed by atoms with E-state index in [0.717, 1.165) is 0 Å². The van der Waals surface area contributed by atoms with E-state index >= 15 is 0 Å². The lowest BCUT2D eigenvalue weighted by atomic mass is 10.2. The largest absolute Gasteiger partial charge is 0.351 e. The molecule has 1 aromatic carbocycles. The van der Waals surface area contributed by atoms with Gasteiger partial charge in [0.05, 0.1) is 27.6 Å². The first-order valence-corrected chi connectivity index (χ1v) is 5.43. The molecular formula is C11H10Cl2N2O. The maximum absolute atomic E-state index is 11.7. The van der Waals surface area contributed by atoms with E-state index in [9.17, 15) is 4.79 Å². The monoisotopic (exact) mass is 256 g/mol. The lowest BCUT2D eigenvalue weighted by molar-refractivity contribution is 0.0951. The lowest BCUT2D eigenvalue weighted by Crippen LogP contribution is -2.28. The van der Waals surface area contributed by atoms with Crippen LogP contribution in [-0.2, 0) is 0 Å². The second-order valence-electron chi connectivity index (χ2n) is 3.34. The van der Waals surface area contributed by atoms with Gasteiger partial charge in [0.15, 0.2) is 0 Å². The van der Waals surface area contributed by atoms with Gasteiger partial charge in [-0.2, -0.15) is 5.26 Å². The van der Waals surface area contributed by atoms with E-state index in [2.05, 4.69) is 5.32 Å². The number of rotatable bonds is 3. The standard InChI is InChI=1S/C11H10Cl2N2O/c1-7(5-14)6-15-11(16)8-3-2-4-9(12)10(8)13/h2-4,7H,6H2,1H3,(H,15,16). The third-order valence-corrected chi connectivity index (χ3v) is 2.80. The maximum Gasteiger partial charge on any atom is 0.252 e. The Bertz CT molecular complexity index is 440. The minimum absolute atomic E-state index is 0.228. The van der Waals surface area contributed by atoms with Crippen LogP contribution in [0.25, 0.3) is 0 Å². The summed E-state index contributed by atoms with van der Waals surface area (Å²) in [5.74, 6) is -0.559. The summed E-state index contributed by atoms with van der Waals surface area (Å²) in [6.45, 7) is 2.01. The van der Waals surface area contributed by atoms with Crippen molar-refractivity contribution in [2.24, 2.45) is 5.92 Å². The summed E-state index contributed by atoms with van der Waals surface area (Å²) < 4.78 is 0. The van der Waals surface area contributed by atoms with Crippen molar-refractivity contribution in [2.45, 2.75) is 6.92 Å². The Balaban J connectivity index is 2.75. The normalized spacial score (nSPS) is 11.6. The van der Waals surface area contributed by atoms with E-state index in [4.69, 9.17) is 28.5 Å². The maximum atomic E-state index is 11.7. The predicted octanol–water partition coefficient (Wildman–Crippen LogP) is 2.88. The Hall–Kier alpha value is -1.24. The number of nitriles is 1. The number of carbonyl (C=O) groups excluding carboxylic acids is 1. The Kier molecular flexibility index (Phi) is 4.60. The third kappa shape index (κ3) is 3.13. The minimum Gasteiger partial charge on any atom is -0.351 e. The Labute approximate surface area is 104 Å². The molecule has 0 heterocycles. The Morgan fingerprint density at radius 1 is 1.56 bits per heavy atom. The number of nitrogens with one attached hydrogen (secondary N) is 1.